The maximum Gasteiger partial charge on any atom is 0.153 e. The summed E-state index contributed by atoms with van der Waals surface area (Å²) < 4.78 is 24.5. The van der Waals surface area contributed by atoms with Gasteiger partial charge in [0, 0.05) is 24.6 Å². The van der Waals surface area contributed by atoms with E-state index in [4.69, 9.17) is 15.9 Å². The molecule has 0 aliphatic rings. The summed E-state index contributed by atoms with van der Waals surface area (Å²) in [7, 11) is -2.92. The minimum absolute atomic E-state index is 0.000556. The van der Waals surface area contributed by atoms with E-state index in [1.54, 1.807) is 6.26 Å². The van der Waals surface area contributed by atoms with Gasteiger partial charge in [-0.2, -0.15) is 14.6 Å². The van der Waals surface area contributed by atoms with Gasteiger partial charge in [0.25, 0.3) is 0 Å². The zero-order chi connectivity index (χ0) is 32.5. The van der Waals surface area contributed by atoms with Crippen molar-refractivity contribution in [1.82, 2.24) is 0 Å². The number of nitrogens with zero attached hydrogens (tertiary/aromatic N) is 4. The zero-order valence-corrected chi connectivity index (χ0v) is 26.5. The van der Waals surface area contributed by atoms with E-state index in [0.717, 1.165) is 40.5 Å². The molecule has 0 aliphatic heterocycles. The van der Waals surface area contributed by atoms with Crippen LogP contribution in [0.15, 0.2) is 93.3 Å². The number of hydrogen-bond acceptors (Lipinski definition) is 13. The Labute approximate surface area is 261 Å². The normalized spacial score (nSPS) is 11.3. The lowest BCUT2D eigenvalue weighted by Crippen LogP contribution is -2.05. The Balaban J connectivity index is 0.000000402. The number of aromatic hydroxyl groups is 1. The van der Waals surface area contributed by atoms with Crippen molar-refractivity contribution in [3.05, 3.63) is 83.9 Å². The molecule has 5 N–H and O–H groups in total. The number of azo groups is 2. The Bertz CT molecular complexity index is 1540. The molecule has 14 heteroatoms. The van der Waals surface area contributed by atoms with E-state index in [-0.39, 0.29) is 31.3 Å². The molecule has 4 aromatic carbocycles. The molecule has 0 radical (unpaired) electrons. The van der Waals surface area contributed by atoms with Gasteiger partial charge >= 0.3 is 0 Å². The topological polar surface area (TPSA) is 189 Å². The summed E-state index contributed by atoms with van der Waals surface area (Å²) in [6.45, 7) is 3.76. The summed E-state index contributed by atoms with van der Waals surface area (Å²) >= 11 is 1.11. The molecule has 12 nitrogen and oxygen atoms in total. The van der Waals surface area contributed by atoms with Crippen molar-refractivity contribution in [3.63, 3.8) is 0 Å². The van der Waals surface area contributed by atoms with E-state index >= 15 is 0 Å². The number of nitrogen functional groups attached to an aromatic ring is 1. The second-order valence-corrected chi connectivity index (χ2v) is 11.9. The maximum absolute atomic E-state index is 11.0. The largest absolute Gasteiger partial charge is 0.505 e. The molecule has 4 rings (SSSR count). The predicted octanol–water partition coefficient (Wildman–Crippen LogP) is 6.80. The average Bonchev–Trinajstić information content (AvgIpc) is 2.98. The molecule has 0 amide bonds. The monoisotopic (exact) mass is 643 g/mol. The lowest BCUT2D eigenvalue weighted by molar-refractivity contribution is -0.196. The number of nitrogens with two attached hydrogens (primary N) is 1. The summed E-state index contributed by atoms with van der Waals surface area (Å²) in [4.78, 5) is 4.34. The van der Waals surface area contributed by atoms with Crippen LogP contribution in [0.25, 0.3) is 10.8 Å². The second kappa shape index (κ2) is 18.7. The van der Waals surface area contributed by atoms with Crippen LogP contribution < -0.4 is 5.73 Å². The number of aryl methyl sites for hydroxylation is 2. The number of phenolic OH excluding ortho intramolecular Hbond substituents is 1. The average molecular weight is 644 g/mol. The fourth-order valence-corrected chi connectivity index (χ4v) is 4.09. The first-order chi connectivity index (χ1) is 21.0. The van der Waals surface area contributed by atoms with Crippen molar-refractivity contribution < 1.29 is 33.0 Å². The number of phenols is 1. The zero-order valence-electron chi connectivity index (χ0n) is 24.9. The highest BCUT2D eigenvalue weighted by atomic mass is 32.2. The van der Waals surface area contributed by atoms with Crippen molar-refractivity contribution in [1.29, 1.82) is 0 Å². The van der Waals surface area contributed by atoms with E-state index in [9.17, 15) is 13.5 Å². The first-order valence-corrected chi connectivity index (χ1v) is 16.4. The van der Waals surface area contributed by atoms with Crippen LogP contribution in [0.1, 0.15) is 11.1 Å². The third kappa shape index (κ3) is 12.0. The first kappa shape index (κ1) is 36.3. The van der Waals surface area contributed by atoms with Crippen LogP contribution in [-0.2, 0) is 19.1 Å². The predicted molar refractivity (Wildman–Crippen MR) is 175 cm³/mol. The van der Waals surface area contributed by atoms with Gasteiger partial charge in [0.2, 0.25) is 0 Å². The van der Waals surface area contributed by atoms with Gasteiger partial charge in [-0.1, -0.05) is 36.4 Å². The van der Waals surface area contributed by atoms with Gasteiger partial charge in [0.15, 0.2) is 5.75 Å². The lowest BCUT2D eigenvalue weighted by Gasteiger charge is -2.13. The van der Waals surface area contributed by atoms with E-state index in [2.05, 4.69) is 29.7 Å². The summed E-state index contributed by atoms with van der Waals surface area (Å²) in [6, 6.07) is 22.7. The number of rotatable bonds is 10. The number of hydrogen-bond donors (Lipinski definition) is 4. The molecular formula is C30H37N5O7S2. The number of fused-ring (bicyclic) bond motifs is 1. The molecular weight excluding hydrogens is 606 g/mol. The molecule has 4 aromatic rings. The molecule has 0 unspecified atom stereocenters. The van der Waals surface area contributed by atoms with Crippen molar-refractivity contribution in [2.24, 2.45) is 20.5 Å². The molecule has 0 aromatic heterocycles. The molecule has 0 saturated carbocycles. The molecule has 0 spiro atoms. The van der Waals surface area contributed by atoms with Gasteiger partial charge in [-0.05, 0) is 66.8 Å². The third-order valence-electron chi connectivity index (χ3n) is 5.56. The summed E-state index contributed by atoms with van der Waals surface area (Å²) in [5.41, 5.74) is 10.8. The van der Waals surface area contributed by atoms with Gasteiger partial charge < -0.3 is 21.1 Å². The fraction of sp³-hybridized carbons (Fsp3) is 0.267. The van der Waals surface area contributed by atoms with Crippen molar-refractivity contribution in [2.45, 2.75) is 13.8 Å². The van der Waals surface area contributed by atoms with E-state index < -0.39 is 9.84 Å². The highest BCUT2D eigenvalue weighted by Crippen LogP contribution is 2.45. The van der Waals surface area contributed by atoms with Gasteiger partial charge in [-0.25, -0.2) is 13.3 Å². The highest BCUT2D eigenvalue weighted by molar-refractivity contribution is 7.93. The number of benzene rings is 4. The smallest absolute Gasteiger partial charge is 0.153 e. The summed E-state index contributed by atoms with van der Waals surface area (Å²) in [5.74, 6) is -0.147. The first-order valence-electron chi connectivity index (χ1n) is 13.2. The van der Waals surface area contributed by atoms with Gasteiger partial charge in [0.05, 0.1) is 41.4 Å². The Morgan fingerprint density at radius 2 is 1.32 bits per heavy atom. The van der Waals surface area contributed by atoms with Crippen LogP contribution in [0.5, 0.6) is 5.75 Å². The van der Waals surface area contributed by atoms with Crippen LogP contribution in [-0.4, -0.2) is 61.8 Å². The van der Waals surface area contributed by atoms with Crippen LogP contribution in [0, 0.1) is 13.8 Å². The maximum atomic E-state index is 11.0. The molecule has 0 aliphatic carbocycles. The molecule has 0 atom stereocenters. The number of sulfone groups is 1. The third-order valence-corrected chi connectivity index (χ3v) is 6.72. The van der Waals surface area contributed by atoms with Crippen LogP contribution in [0.3, 0.4) is 0 Å². The second-order valence-electron chi connectivity index (χ2n) is 9.15. The fourth-order valence-electron chi connectivity index (χ4n) is 3.59. The minimum Gasteiger partial charge on any atom is -0.505 e. The van der Waals surface area contributed by atoms with Gasteiger partial charge in [0.1, 0.15) is 27.8 Å². The lowest BCUT2D eigenvalue weighted by atomic mass is 9.99. The number of aliphatic hydroxyl groups is 2. The molecule has 0 fully saturated rings. The Kier molecular flexibility index (Phi) is 15.4. The molecule has 0 bridgehead atoms. The van der Waals surface area contributed by atoms with E-state index in [1.165, 1.54) is 0 Å². The van der Waals surface area contributed by atoms with Gasteiger partial charge in [-0.3, -0.25) is 0 Å². The van der Waals surface area contributed by atoms with Crippen molar-refractivity contribution in [2.75, 3.05) is 43.8 Å². The Hall–Kier alpha value is -3.92. The van der Waals surface area contributed by atoms with E-state index in [1.807, 2.05) is 86.6 Å². The van der Waals surface area contributed by atoms with Crippen molar-refractivity contribution >= 4 is 61.1 Å². The highest BCUT2D eigenvalue weighted by Gasteiger charge is 2.17. The SMILES string of the molecule is CS(=O)(=O)CCO.CSOOCCO.Cc1cc2cc(C)c(N=Nc3ccccc3)c(O)c2c(N)c1N=Nc1ccccc1. The van der Waals surface area contributed by atoms with Crippen LogP contribution in [0.2, 0.25) is 0 Å². The van der Waals surface area contributed by atoms with Gasteiger partial charge in [-0.15, -0.1) is 10.2 Å². The molecule has 0 heterocycles. The number of aliphatic hydroxyl groups excluding tert-OH is 2. The standard InChI is InChI=1S/C24H21N5O.2C3H8O3S/c1-15-13-17-14-16(2)23(29-27-19-11-7-4-8-12-19)24(30)20(17)21(25)22(15)28-26-18-9-5-3-6-10-18;1-7(5,6)3-2-4;1-7-6-5-3-2-4/h3-14,30H,25H2,1-2H3;2*4H,2-3H2,1H3. The molecule has 44 heavy (non-hydrogen) atoms. The van der Waals surface area contributed by atoms with Crippen LogP contribution in [0.4, 0.5) is 28.4 Å². The molecule has 0 saturated heterocycles. The summed E-state index contributed by atoms with van der Waals surface area (Å²) in [5, 5.41) is 45.5. The number of anilines is 1. The van der Waals surface area contributed by atoms with Crippen molar-refractivity contribution in [3.8, 4) is 5.75 Å². The quantitative estimate of drug-likeness (QED) is 0.0359. The molecule has 236 valence electrons. The van der Waals surface area contributed by atoms with E-state index in [0.29, 0.717) is 28.1 Å². The Morgan fingerprint density at radius 3 is 1.75 bits per heavy atom. The minimum atomic E-state index is -2.92. The van der Waals surface area contributed by atoms with Crippen LogP contribution >= 0.6 is 12.0 Å². The summed E-state index contributed by atoms with van der Waals surface area (Å²) in [6.07, 6.45) is 2.82. The Morgan fingerprint density at radius 1 is 0.818 bits per heavy atom.